The second kappa shape index (κ2) is 8.91. The smallest absolute Gasteiger partial charge is 0.418 e. The number of aromatic carboxylic acids is 1. The summed E-state index contributed by atoms with van der Waals surface area (Å²) < 4.78 is 52.9. The van der Waals surface area contributed by atoms with Crippen molar-refractivity contribution in [2.45, 2.75) is 26.6 Å². The van der Waals surface area contributed by atoms with Crippen molar-refractivity contribution < 1.29 is 27.5 Å². The third-order valence-electron chi connectivity index (χ3n) is 4.29. The van der Waals surface area contributed by atoms with E-state index in [1.165, 1.54) is 41.8 Å². The summed E-state index contributed by atoms with van der Waals surface area (Å²) >= 11 is 0. The lowest BCUT2D eigenvalue weighted by atomic mass is 10.1. The molecule has 3 N–H and O–H groups in total. The minimum Gasteiger partial charge on any atom is -0.478 e. The highest BCUT2D eigenvalue weighted by atomic mass is 19.4. The number of nitrogens with zero attached hydrogens (tertiary/aromatic N) is 1. The number of benzene rings is 2. The van der Waals surface area contributed by atoms with Gasteiger partial charge in [0.25, 0.3) is 0 Å². The molecule has 0 aliphatic carbocycles. The van der Waals surface area contributed by atoms with Crippen molar-refractivity contribution in [1.82, 2.24) is 4.57 Å². The molecule has 1 aromatic heterocycles. The fraction of sp³-hybridized carbons (Fsp3) is 0.190. The van der Waals surface area contributed by atoms with Crippen LogP contribution < -0.4 is 5.73 Å². The first-order valence-corrected chi connectivity index (χ1v) is 8.60. The summed E-state index contributed by atoms with van der Waals surface area (Å²) in [6.07, 6.45) is -4.50. The zero-order valence-electron chi connectivity index (χ0n) is 15.8. The van der Waals surface area contributed by atoms with E-state index in [0.29, 0.717) is 11.3 Å². The summed E-state index contributed by atoms with van der Waals surface area (Å²) in [7, 11) is 0. The molecule has 0 radical (unpaired) electrons. The summed E-state index contributed by atoms with van der Waals surface area (Å²) in [6.45, 7) is 3.34. The number of carboxylic acids is 1. The van der Waals surface area contributed by atoms with E-state index in [1.54, 1.807) is 25.1 Å². The number of hydrogen-bond donors (Lipinski definition) is 2. The number of aryl methyl sites for hydroxylation is 1. The molecular formula is C21H20F4N2O2. The molecule has 4 nitrogen and oxygen atoms in total. The molecule has 0 bridgehead atoms. The first kappa shape index (κ1) is 22.2. The van der Waals surface area contributed by atoms with Gasteiger partial charge in [-0.3, -0.25) is 0 Å². The van der Waals surface area contributed by atoms with E-state index in [4.69, 9.17) is 10.8 Å². The van der Waals surface area contributed by atoms with Gasteiger partial charge in [-0.15, -0.1) is 0 Å². The van der Waals surface area contributed by atoms with Crippen molar-refractivity contribution in [1.29, 1.82) is 0 Å². The number of halogens is 4. The van der Waals surface area contributed by atoms with Gasteiger partial charge in [0.05, 0.1) is 16.8 Å². The van der Waals surface area contributed by atoms with E-state index < -0.39 is 17.7 Å². The summed E-state index contributed by atoms with van der Waals surface area (Å²) in [5.74, 6) is -1.38. The largest absolute Gasteiger partial charge is 0.478 e. The topological polar surface area (TPSA) is 68.2 Å². The molecule has 0 fully saturated rings. The van der Waals surface area contributed by atoms with Crippen molar-refractivity contribution in [2.75, 3.05) is 0 Å². The molecule has 0 atom stereocenters. The summed E-state index contributed by atoms with van der Waals surface area (Å²) in [5, 5.41) is 9.04. The van der Waals surface area contributed by atoms with Crippen molar-refractivity contribution in [2.24, 2.45) is 5.73 Å². The van der Waals surface area contributed by atoms with E-state index in [2.05, 4.69) is 0 Å². The Labute approximate surface area is 165 Å². The average Bonchev–Trinajstić information content (AvgIpc) is 2.96. The quantitative estimate of drug-likeness (QED) is 0.593. The second-order valence-electron chi connectivity index (χ2n) is 6.24. The molecule has 1 heterocycles. The normalized spacial score (nSPS) is 11.0. The number of nitrogens with two attached hydrogens (primary N) is 1. The third kappa shape index (κ3) is 5.03. The van der Waals surface area contributed by atoms with E-state index in [9.17, 15) is 22.4 Å². The number of carbonyl (C=O) groups is 1. The van der Waals surface area contributed by atoms with Crippen molar-refractivity contribution >= 4 is 5.97 Å². The van der Waals surface area contributed by atoms with Gasteiger partial charge in [-0.05, 0) is 38.1 Å². The molecule has 0 amide bonds. The Morgan fingerprint density at radius 3 is 2.14 bits per heavy atom. The molecule has 0 unspecified atom stereocenters. The summed E-state index contributed by atoms with van der Waals surface area (Å²) in [5.41, 5.74) is 5.63. The predicted octanol–water partition coefficient (Wildman–Crippen LogP) is 5.10. The standard InChI is InChI=1S/C14H12F3NO2.C7H8FN/c1-8-7-10(13(19)20)9(2)18(8)12-6-4-3-5-11(12)14(15,16)17;8-7-4-2-1-3-6(7)5-9/h3-7H,1-2H3,(H,19,20);1-4H,5,9H2. The monoisotopic (exact) mass is 408 g/mol. The van der Waals surface area contributed by atoms with Crippen LogP contribution in [0.4, 0.5) is 17.6 Å². The van der Waals surface area contributed by atoms with E-state index in [1.807, 2.05) is 0 Å². The van der Waals surface area contributed by atoms with Gasteiger partial charge in [0.1, 0.15) is 5.82 Å². The fourth-order valence-electron chi connectivity index (χ4n) is 2.92. The molecule has 3 aromatic rings. The van der Waals surface area contributed by atoms with Crippen LogP contribution in [0.2, 0.25) is 0 Å². The first-order chi connectivity index (χ1) is 13.6. The maximum absolute atomic E-state index is 13.0. The highest BCUT2D eigenvalue weighted by Crippen LogP contribution is 2.35. The van der Waals surface area contributed by atoms with Gasteiger partial charge in [-0.25, -0.2) is 9.18 Å². The number of para-hydroxylation sites is 1. The average molecular weight is 408 g/mol. The van der Waals surface area contributed by atoms with Crippen LogP contribution in [0.25, 0.3) is 5.69 Å². The van der Waals surface area contributed by atoms with Crippen LogP contribution >= 0.6 is 0 Å². The predicted molar refractivity (Wildman–Crippen MR) is 101 cm³/mol. The van der Waals surface area contributed by atoms with Crippen LogP contribution in [-0.4, -0.2) is 15.6 Å². The highest BCUT2D eigenvalue weighted by Gasteiger charge is 2.34. The zero-order valence-corrected chi connectivity index (χ0v) is 15.8. The summed E-state index contributed by atoms with van der Waals surface area (Å²) in [4.78, 5) is 11.1. The molecule has 2 aromatic carbocycles. The van der Waals surface area contributed by atoms with Crippen molar-refractivity contribution in [3.63, 3.8) is 0 Å². The Morgan fingerprint density at radius 1 is 1.07 bits per heavy atom. The van der Waals surface area contributed by atoms with Gasteiger partial charge in [0.15, 0.2) is 0 Å². The van der Waals surface area contributed by atoms with Crippen LogP contribution in [0.15, 0.2) is 54.6 Å². The van der Waals surface area contributed by atoms with Crippen LogP contribution in [0.1, 0.15) is 32.9 Å². The van der Waals surface area contributed by atoms with Gasteiger partial charge in [-0.1, -0.05) is 30.3 Å². The summed E-state index contributed by atoms with van der Waals surface area (Å²) in [6, 6.07) is 13.0. The Morgan fingerprint density at radius 2 is 1.66 bits per heavy atom. The van der Waals surface area contributed by atoms with E-state index in [-0.39, 0.29) is 29.3 Å². The SMILES string of the molecule is Cc1cc(C(=O)O)c(C)n1-c1ccccc1C(F)(F)F.NCc1ccccc1F. The molecule has 0 saturated heterocycles. The molecule has 0 aliphatic heterocycles. The minimum atomic E-state index is -4.50. The molecule has 154 valence electrons. The lowest BCUT2D eigenvalue weighted by Gasteiger charge is -2.16. The van der Waals surface area contributed by atoms with Gasteiger partial charge >= 0.3 is 12.1 Å². The Bertz CT molecular complexity index is 1010. The maximum Gasteiger partial charge on any atom is 0.418 e. The third-order valence-corrected chi connectivity index (χ3v) is 4.29. The van der Waals surface area contributed by atoms with Crippen molar-refractivity contribution in [3.8, 4) is 5.69 Å². The molecule has 0 aliphatic rings. The van der Waals surface area contributed by atoms with E-state index >= 15 is 0 Å². The molecule has 0 spiro atoms. The zero-order chi connectivity index (χ0) is 21.8. The van der Waals surface area contributed by atoms with Crippen LogP contribution in [-0.2, 0) is 12.7 Å². The number of hydrogen-bond acceptors (Lipinski definition) is 2. The first-order valence-electron chi connectivity index (χ1n) is 8.60. The molecule has 3 rings (SSSR count). The lowest BCUT2D eigenvalue weighted by molar-refractivity contribution is -0.137. The number of alkyl halides is 3. The molecule has 8 heteroatoms. The number of carboxylic acid groups (broad SMARTS) is 1. The number of rotatable bonds is 3. The maximum atomic E-state index is 13.0. The van der Waals surface area contributed by atoms with Crippen molar-refractivity contribution in [3.05, 3.63) is 88.5 Å². The Balaban J connectivity index is 0.000000278. The van der Waals surface area contributed by atoms with Crippen LogP contribution in [0.5, 0.6) is 0 Å². The van der Waals surface area contributed by atoms with Gasteiger partial charge in [0.2, 0.25) is 0 Å². The fourth-order valence-corrected chi connectivity index (χ4v) is 2.92. The molecular weight excluding hydrogens is 388 g/mol. The highest BCUT2D eigenvalue weighted by molar-refractivity contribution is 5.89. The Hall–Kier alpha value is -3.13. The van der Waals surface area contributed by atoms with Crippen LogP contribution in [0, 0.1) is 19.7 Å². The van der Waals surface area contributed by atoms with E-state index in [0.717, 1.165) is 6.07 Å². The lowest BCUT2D eigenvalue weighted by Crippen LogP contribution is -2.12. The Kier molecular flexibility index (Phi) is 6.81. The van der Waals surface area contributed by atoms with Crippen LogP contribution in [0.3, 0.4) is 0 Å². The van der Waals surface area contributed by atoms with Gasteiger partial charge in [0, 0.05) is 23.5 Å². The molecule has 0 saturated carbocycles. The molecule has 29 heavy (non-hydrogen) atoms. The van der Waals surface area contributed by atoms with Gasteiger partial charge < -0.3 is 15.4 Å². The second-order valence-corrected chi connectivity index (χ2v) is 6.24. The minimum absolute atomic E-state index is 0.000484. The van der Waals surface area contributed by atoms with Gasteiger partial charge in [-0.2, -0.15) is 13.2 Å². The number of aromatic nitrogens is 1.